The van der Waals surface area contributed by atoms with Gasteiger partial charge in [-0.2, -0.15) is 0 Å². The zero-order valence-electron chi connectivity index (χ0n) is 8.56. The Hall–Kier alpha value is -1.20. The number of hydrogen-bond acceptors (Lipinski definition) is 5. The van der Waals surface area contributed by atoms with Gasteiger partial charge in [-0.3, -0.25) is 0 Å². The van der Waals surface area contributed by atoms with Gasteiger partial charge in [0.15, 0.2) is 0 Å². The van der Waals surface area contributed by atoms with Crippen LogP contribution in [0, 0.1) is 0 Å². The van der Waals surface area contributed by atoms with Gasteiger partial charge in [-0.1, -0.05) is 6.07 Å². The van der Waals surface area contributed by atoms with Crippen LogP contribution in [0.15, 0.2) is 21.9 Å². The molecule has 0 aromatic carbocycles. The van der Waals surface area contributed by atoms with Gasteiger partial charge < -0.3 is 9.73 Å². The van der Waals surface area contributed by atoms with E-state index in [9.17, 15) is 0 Å². The molecule has 2 heterocycles. The highest BCUT2D eigenvalue weighted by Crippen LogP contribution is 2.13. The van der Waals surface area contributed by atoms with Gasteiger partial charge in [0, 0.05) is 17.8 Å². The minimum absolute atomic E-state index is 0.698. The van der Waals surface area contributed by atoms with E-state index < -0.39 is 0 Å². The summed E-state index contributed by atoms with van der Waals surface area (Å²) in [5, 5.41) is 13.1. The molecule has 0 saturated carbocycles. The lowest BCUT2D eigenvalue weighted by Crippen LogP contribution is -2.10. The first kappa shape index (κ1) is 10.3. The van der Waals surface area contributed by atoms with Crippen LogP contribution in [-0.2, 0) is 12.8 Å². The van der Waals surface area contributed by atoms with Crippen LogP contribution in [0.5, 0.6) is 0 Å². The van der Waals surface area contributed by atoms with Gasteiger partial charge in [0.1, 0.15) is 0 Å². The molecule has 0 unspecified atom stereocenters. The molecule has 5 heteroatoms. The van der Waals surface area contributed by atoms with Gasteiger partial charge in [0.2, 0.25) is 11.8 Å². The van der Waals surface area contributed by atoms with Crippen LogP contribution < -0.4 is 5.32 Å². The second kappa shape index (κ2) is 5.04. The van der Waals surface area contributed by atoms with Crippen LogP contribution in [-0.4, -0.2) is 23.8 Å². The molecular formula is C10H13N3OS. The molecule has 0 fully saturated rings. The Morgan fingerprint density at radius 1 is 1.40 bits per heavy atom. The molecule has 0 spiro atoms. The summed E-state index contributed by atoms with van der Waals surface area (Å²) in [4.78, 5) is 1.25. The van der Waals surface area contributed by atoms with Gasteiger partial charge in [-0.05, 0) is 18.5 Å². The molecule has 0 amide bonds. The maximum absolute atomic E-state index is 5.50. The van der Waals surface area contributed by atoms with Crippen LogP contribution in [0.1, 0.15) is 16.7 Å². The molecule has 80 valence electrons. The second-order valence-corrected chi connectivity index (χ2v) is 4.23. The molecule has 15 heavy (non-hydrogen) atoms. The summed E-state index contributed by atoms with van der Waals surface area (Å²) in [6.45, 7) is 0.862. The van der Waals surface area contributed by atoms with Gasteiger partial charge in [0.25, 0.3) is 0 Å². The molecule has 2 aromatic heterocycles. The number of rotatable bonds is 5. The van der Waals surface area contributed by atoms with Crippen molar-refractivity contribution in [1.29, 1.82) is 0 Å². The van der Waals surface area contributed by atoms with E-state index >= 15 is 0 Å². The fourth-order valence-corrected chi connectivity index (χ4v) is 1.95. The first-order valence-electron chi connectivity index (χ1n) is 4.86. The maximum Gasteiger partial charge on any atom is 0.221 e. The summed E-state index contributed by atoms with van der Waals surface area (Å²) in [6.07, 6.45) is 1.53. The van der Waals surface area contributed by atoms with E-state index in [-0.39, 0.29) is 0 Å². The smallest absolute Gasteiger partial charge is 0.221 e. The summed E-state index contributed by atoms with van der Waals surface area (Å²) in [5.74, 6) is 1.40. The van der Waals surface area contributed by atoms with E-state index in [0.717, 1.165) is 19.4 Å². The number of nitrogens with zero attached hydrogens (tertiary/aromatic N) is 2. The minimum atomic E-state index is 0.698. The lowest BCUT2D eigenvalue weighted by molar-refractivity contribution is 0.455. The largest absolute Gasteiger partial charge is 0.425 e. The van der Waals surface area contributed by atoms with Gasteiger partial charge in [-0.15, -0.1) is 21.5 Å². The highest BCUT2D eigenvalue weighted by atomic mass is 32.1. The van der Waals surface area contributed by atoms with Crippen molar-refractivity contribution < 1.29 is 4.42 Å². The van der Waals surface area contributed by atoms with Crippen LogP contribution in [0.4, 0.5) is 0 Å². The quantitative estimate of drug-likeness (QED) is 0.834. The highest BCUT2D eigenvalue weighted by molar-refractivity contribution is 7.09. The Morgan fingerprint density at radius 2 is 2.27 bits per heavy atom. The molecule has 1 N–H and O–H groups in total. The Kier molecular flexibility index (Phi) is 3.47. The first-order chi connectivity index (χ1) is 7.38. The summed E-state index contributed by atoms with van der Waals surface area (Å²) >= 11 is 1.70. The van der Waals surface area contributed by atoms with E-state index in [2.05, 4.69) is 21.6 Å². The molecule has 0 atom stereocenters. The highest BCUT2D eigenvalue weighted by Gasteiger charge is 2.06. The fourth-order valence-electron chi connectivity index (χ4n) is 1.25. The van der Waals surface area contributed by atoms with Crippen molar-refractivity contribution in [2.24, 2.45) is 0 Å². The molecule has 0 bridgehead atoms. The van der Waals surface area contributed by atoms with Crippen molar-refractivity contribution in [3.05, 3.63) is 34.2 Å². The zero-order chi connectivity index (χ0) is 10.5. The van der Waals surface area contributed by atoms with Crippen molar-refractivity contribution in [2.75, 3.05) is 13.6 Å². The van der Waals surface area contributed by atoms with Crippen LogP contribution in [0.2, 0.25) is 0 Å². The van der Waals surface area contributed by atoms with Crippen molar-refractivity contribution in [3.8, 4) is 0 Å². The average molecular weight is 223 g/mol. The van der Waals surface area contributed by atoms with E-state index in [0.29, 0.717) is 11.8 Å². The SMILES string of the molecule is CNCCc1nnc(Cc2cccs2)o1. The number of likely N-dealkylation sites (N-methyl/N-ethyl adjacent to an activating group) is 1. The predicted molar refractivity (Wildman–Crippen MR) is 59.1 cm³/mol. The number of hydrogen-bond donors (Lipinski definition) is 1. The Bertz CT molecular complexity index is 396. The lowest BCUT2D eigenvalue weighted by atomic mass is 10.3. The fraction of sp³-hybridized carbons (Fsp3) is 0.400. The van der Waals surface area contributed by atoms with Crippen LogP contribution in [0.25, 0.3) is 0 Å². The summed E-state index contributed by atoms with van der Waals surface area (Å²) in [5.41, 5.74) is 0. The third-order valence-corrected chi connectivity index (χ3v) is 2.88. The molecule has 0 radical (unpaired) electrons. The number of thiophene rings is 1. The monoisotopic (exact) mass is 223 g/mol. The topological polar surface area (TPSA) is 51.0 Å². The Labute approximate surface area is 92.3 Å². The minimum Gasteiger partial charge on any atom is -0.425 e. The molecule has 0 saturated heterocycles. The maximum atomic E-state index is 5.50. The molecule has 0 aliphatic carbocycles. The standard InChI is InChI=1S/C10H13N3OS/c1-11-5-4-9-12-13-10(14-9)7-8-3-2-6-15-8/h2-3,6,11H,4-5,7H2,1H3. The summed E-state index contributed by atoms with van der Waals surface area (Å²) < 4.78 is 5.50. The third-order valence-electron chi connectivity index (χ3n) is 2.00. The van der Waals surface area contributed by atoms with Gasteiger partial charge in [-0.25, -0.2) is 0 Å². The lowest BCUT2D eigenvalue weighted by Gasteiger charge is -1.92. The van der Waals surface area contributed by atoms with Gasteiger partial charge >= 0.3 is 0 Å². The molecule has 2 aromatic rings. The van der Waals surface area contributed by atoms with Crippen molar-refractivity contribution >= 4 is 11.3 Å². The molecule has 2 rings (SSSR count). The van der Waals surface area contributed by atoms with Gasteiger partial charge in [0.05, 0.1) is 6.42 Å². The molecule has 0 aliphatic heterocycles. The molecular weight excluding hydrogens is 210 g/mol. The van der Waals surface area contributed by atoms with E-state index in [1.54, 1.807) is 11.3 Å². The van der Waals surface area contributed by atoms with Crippen LogP contribution in [0.3, 0.4) is 0 Å². The van der Waals surface area contributed by atoms with Crippen molar-refractivity contribution in [3.63, 3.8) is 0 Å². The molecule has 4 nitrogen and oxygen atoms in total. The Balaban J connectivity index is 1.95. The van der Waals surface area contributed by atoms with Crippen molar-refractivity contribution in [2.45, 2.75) is 12.8 Å². The molecule has 0 aliphatic rings. The normalized spacial score (nSPS) is 10.7. The zero-order valence-corrected chi connectivity index (χ0v) is 9.38. The van der Waals surface area contributed by atoms with E-state index in [1.165, 1.54) is 4.88 Å². The summed E-state index contributed by atoms with van der Waals surface area (Å²) in [7, 11) is 1.91. The van der Waals surface area contributed by atoms with E-state index in [1.807, 2.05) is 18.5 Å². The Morgan fingerprint density at radius 3 is 3.00 bits per heavy atom. The first-order valence-corrected chi connectivity index (χ1v) is 5.74. The van der Waals surface area contributed by atoms with Crippen LogP contribution >= 0.6 is 11.3 Å². The predicted octanol–water partition coefficient (Wildman–Crippen LogP) is 1.48. The summed E-state index contributed by atoms with van der Waals surface area (Å²) in [6, 6.07) is 4.10. The second-order valence-electron chi connectivity index (χ2n) is 3.20. The average Bonchev–Trinajstić information content (AvgIpc) is 2.87. The van der Waals surface area contributed by atoms with Crippen molar-refractivity contribution in [1.82, 2.24) is 15.5 Å². The third kappa shape index (κ3) is 2.87. The van der Waals surface area contributed by atoms with E-state index in [4.69, 9.17) is 4.42 Å². The number of aromatic nitrogens is 2. The number of nitrogens with one attached hydrogen (secondary N) is 1.